The summed E-state index contributed by atoms with van der Waals surface area (Å²) >= 11 is 0. The number of hydrogen-bond donors (Lipinski definition) is 2. The van der Waals surface area contributed by atoms with Crippen molar-refractivity contribution < 1.29 is 19.2 Å². The van der Waals surface area contributed by atoms with Gasteiger partial charge in [0.05, 0.1) is 7.11 Å². The molecule has 0 fully saturated rings. The number of aromatic nitrogens is 2. The van der Waals surface area contributed by atoms with E-state index in [0.717, 1.165) is 22.4 Å². The molecule has 0 saturated carbocycles. The molecular weight excluding hydrogens is 322 g/mol. The molecule has 0 spiro atoms. The zero-order valence-corrected chi connectivity index (χ0v) is 13.5. The van der Waals surface area contributed by atoms with Gasteiger partial charge in [-0.25, -0.2) is 0 Å². The van der Waals surface area contributed by atoms with Crippen molar-refractivity contribution in [1.29, 1.82) is 0 Å². The molecular formula is C18H17N3O4. The lowest BCUT2D eigenvalue weighted by Gasteiger charge is -2.06. The zero-order valence-electron chi connectivity index (χ0n) is 13.5. The van der Waals surface area contributed by atoms with Crippen LogP contribution in [0.25, 0.3) is 22.8 Å². The van der Waals surface area contributed by atoms with Crippen molar-refractivity contribution in [3.63, 3.8) is 0 Å². The van der Waals surface area contributed by atoms with Crippen LogP contribution in [0.3, 0.4) is 0 Å². The second-order valence-corrected chi connectivity index (χ2v) is 5.50. The van der Waals surface area contributed by atoms with Crippen LogP contribution >= 0.6 is 0 Å². The van der Waals surface area contributed by atoms with Gasteiger partial charge in [-0.15, -0.1) is 0 Å². The second-order valence-electron chi connectivity index (χ2n) is 5.50. The standard InChI is InChI=1S/C18H17N3O4/c1-24-14-8-6-13(7-9-14)17-20-16(21-25-17)12-4-2-11(3-5-12)10-15(19)18(22)23/h2-9,15H,10,19H2,1H3,(H,22,23)/t15-/m0/s1. The second kappa shape index (κ2) is 7.14. The van der Waals surface area contributed by atoms with Crippen LogP contribution in [0.2, 0.25) is 0 Å². The fourth-order valence-electron chi connectivity index (χ4n) is 2.32. The third-order valence-corrected chi connectivity index (χ3v) is 3.75. The number of methoxy groups -OCH3 is 1. The molecule has 1 heterocycles. The Morgan fingerprint density at radius 1 is 1.16 bits per heavy atom. The minimum atomic E-state index is -1.02. The van der Waals surface area contributed by atoms with Crippen LogP contribution in [0, 0.1) is 0 Å². The molecule has 1 aromatic heterocycles. The number of ether oxygens (including phenoxy) is 1. The first kappa shape index (κ1) is 16.7. The van der Waals surface area contributed by atoms with E-state index in [2.05, 4.69) is 10.1 Å². The molecule has 3 N–H and O–H groups in total. The van der Waals surface area contributed by atoms with Crippen LogP contribution in [-0.2, 0) is 11.2 Å². The summed E-state index contributed by atoms with van der Waals surface area (Å²) in [5.41, 5.74) is 7.94. The van der Waals surface area contributed by atoms with E-state index in [1.54, 1.807) is 7.11 Å². The quantitative estimate of drug-likeness (QED) is 0.709. The lowest BCUT2D eigenvalue weighted by molar-refractivity contribution is -0.138. The summed E-state index contributed by atoms with van der Waals surface area (Å²) in [6, 6.07) is 13.6. The van der Waals surface area contributed by atoms with Gasteiger partial charge in [-0.1, -0.05) is 29.4 Å². The maximum Gasteiger partial charge on any atom is 0.320 e. The summed E-state index contributed by atoms with van der Waals surface area (Å²) in [7, 11) is 1.60. The maximum absolute atomic E-state index is 10.8. The van der Waals surface area contributed by atoms with Gasteiger partial charge in [-0.3, -0.25) is 4.79 Å². The van der Waals surface area contributed by atoms with Crippen molar-refractivity contribution in [2.24, 2.45) is 5.73 Å². The molecule has 25 heavy (non-hydrogen) atoms. The number of carbonyl (C=O) groups is 1. The lowest BCUT2D eigenvalue weighted by atomic mass is 10.0. The molecule has 7 nitrogen and oxygen atoms in total. The number of nitrogens with two attached hydrogens (primary N) is 1. The van der Waals surface area contributed by atoms with Crippen LogP contribution in [0.1, 0.15) is 5.56 Å². The first-order valence-corrected chi connectivity index (χ1v) is 7.62. The Morgan fingerprint density at radius 3 is 2.40 bits per heavy atom. The Kier molecular flexibility index (Phi) is 4.76. The van der Waals surface area contributed by atoms with Gasteiger partial charge < -0.3 is 20.1 Å². The summed E-state index contributed by atoms with van der Waals surface area (Å²) in [4.78, 5) is 15.2. The molecule has 0 radical (unpaired) electrons. The van der Waals surface area contributed by atoms with Gasteiger partial charge in [0.2, 0.25) is 5.82 Å². The fraction of sp³-hybridized carbons (Fsp3) is 0.167. The smallest absolute Gasteiger partial charge is 0.320 e. The predicted molar refractivity (Wildman–Crippen MR) is 91.0 cm³/mol. The van der Waals surface area contributed by atoms with Crippen molar-refractivity contribution in [2.45, 2.75) is 12.5 Å². The highest BCUT2D eigenvalue weighted by Crippen LogP contribution is 2.24. The van der Waals surface area contributed by atoms with E-state index in [-0.39, 0.29) is 6.42 Å². The van der Waals surface area contributed by atoms with E-state index in [9.17, 15) is 4.79 Å². The molecule has 0 amide bonds. The Bertz CT molecular complexity index is 857. The maximum atomic E-state index is 10.8. The minimum Gasteiger partial charge on any atom is -0.497 e. The largest absolute Gasteiger partial charge is 0.497 e. The monoisotopic (exact) mass is 339 g/mol. The highest BCUT2D eigenvalue weighted by Gasteiger charge is 2.13. The molecule has 3 aromatic rings. The summed E-state index contributed by atoms with van der Waals surface area (Å²) in [5.74, 6) is 0.597. The summed E-state index contributed by atoms with van der Waals surface area (Å²) < 4.78 is 10.4. The number of benzene rings is 2. The highest BCUT2D eigenvalue weighted by molar-refractivity contribution is 5.73. The number of hydrogen-bond acceptors (Lipinski definition) is 6. The van der Waals surface area contributed by atoms with Crippen molar-refractivity contribution in [3.05, 3.63) is 54.1 Å². The number of carboxylic acid groups (broad SMARTS) is 1. The van der Waals surface area contributed by atoms with Crippen molar-refractivity contribution in [3.8, 4) is 28.6 Å². The third kappa shape index (κ3) is 3.84. The lowest BCUT2D eigenvalue weighted by Crippen LogP contribution is -2.32. The number of aliphatic carboxylic acids is 1. The van der Waals surface area contributed by atoms with Gasteiger partial charge in [0.15, 0.2) is 0 Å². The van der Waals surface area contributed by atoms with Gasteiger partial charge in [0, 0.05) is 11.1 Å². The minimum absolute atomic E-state index is 0.263. The Morgan fingerprint density at radius 2 is 1.80 bits per heavy atom. The van der Waals surface area contributed by atoms with Crippen LogP contribution in [0.4, 0.5) is 0 Å². The topological polar surface area (TPSA) is 111 Å². The molecule has 0 aliphatic heterocycles. The number of nitrogens with zero attached hydrogens (tertiary/aromatic N) is 2. The van der Waals surface area contributed by atoms with Crippen molar-refractivity contribution >= 4 is 5.97 Å². The SMILES string of the molecule is COc1ccc(-c2nc(-c3ccc(C[C@H](N)C(=O)O)cc3)no2)cc1. The molecule has 0 aliphatic rings. The predicted octanol–water partition coefficient (Wildman–Crippen LogP) is 2.37. The molecule has 0 bridgehead atoms. The van der Waals surface area contributed by atoms with Gasteiger partial charge in [-0.2, -0.15) is 4.98 Å². The van der Waals surface area contributed by atoms with Crippen LogP contribution in [0.15, 0.2) is 53.1 Å². The normalized spacial score (nSPS) is 11.9. The Labute approximate surface area is 144 Å². The first-order chi connectivity index (χ1) is 12.1. The molecule has 0 aliphatic carbocycles. The van der Waals surface area contributed by atoms with Gasteiger partial charge >= 0.3 is 5.97 Å². The summed E-state index contributed by atoms with van der Waals surface area (Å²) in [6.07, 6.45) is 0.263. The van der Waals surface area contributed by atoms with Crippen molar-refractivity contribution in [2.75, 3.05) is 7.11 Å². The van der Waals surface area contributed by atoms with E-state index in [4.69, 9.17) is 20.1 Å². The van der Waals surface area contributed by atoms with E-state index in [1.807, 2.05) is 48.5 Å². The summed E-state index contributed by atoms with van der Waals surface area (Å²) in [5, 5.41) is 12.8. The number of carboxylic acids is 1. The Balaban J connectivity index is 1.76. The molecule has 128 valence electrons. The van der Waals surface area contributed by atoms with Crippen molar-refractivity contribution in [1.82, 2.24) is 10.1 Å². The molecule has 7 heteroatoms. The van der Waals surface area contributed by atoms with Gasteiger partial charge in [0.25, 0.3) is 5.89 Å². The fourth-order valence-corrected chi connectivity index (χ4v) is 2.32. The first-order valence-electron chi connectivity index (χ1n) is 7.62. The zero-order chi connectivity index (χ0) is 17.8. The van der Waals surface area contributed by atoms with Gasteiger partial charge in [-0.05, 0) is 36.2 Å². The molecule has 0 saturated heterocycles. The van der Waals surface area contributed by atoms with E-state index in [0.29, 0.717) is 11.7 Å². The molecule has 3 rings (SSSR count). The van der Waals surface area contributed by atoms with E-state index in [1.165, 1.54) is 0 Å². The average molecular weight is 339 g/mol. The molecule has 1 atom stereocenters. The van der Waals surface area contributed by atoms with Crippen LogP contribution in [-0.4, -0.2) is 34.4 Å². The third-order valence-electron chi connectivity index (χ3n) is 3.75. The van der Waals surface area contributed by atoms with E-state index < -0.39 is 12.0 Å². The Hall–Kier alpha value is -3.19. The number of rotatable bonds is 6. The van der Waals surface area contributed by atoms with Crippen LogP contribution in [0.5, 0.6) is 5.75 Å². The van der Waals surface area contributed by atoms with Gasteiger partial charge in [0.1, 0.15) is 11.8 Å². The average Bonchev–Trinajstić information content (AvgIpc) is 3.12. The summed E-state index contributed by atoms with van der Waals surface area (Å²) in [6.45, 7) is 0. The van der Waals surface area contributed by atoms with Crippen LogP contribution < -0.4 is 10.5 Å². The van der Waals surface area contributed by atoms with E-state index >= 15 is 0 Å². The molecule has 0 unspecified atom stereocenters. The highest BCUT2D eigenvalue weighted by atomic mass is 16.5. The molecule has 2 aromatic carbocycles.